The number of nitrogens with one attached hydrogen (secondary N) is 2. The van der Waals surface area contributed by atoms with E-state index in [2.05, 4.69) is 71.8 Å². The second kappa shape index (κ2) is 7.50. The summed E-state index contributed by atoms with van der Waals surface area (Å²) in [7, 11) is 2.07. The van der Waals surface area contributed by atoms with Crippen molar-refractivity contribution in [1.82, 2.24) is 14.5 Å². The molecule has 5 heteroatoms. The molecule has 0 bridgehead atoms. The van der Waals surface area contributed by atoms with Gasteiger partial charge in [0.15, 0.2) is 5.60 Å². The minimum Gasteiger partial charge on any atom is -0.441 e. The van der Waals surface area contributed by atoms with E-state index in [0.29, 0.717) is 5.57 Å². The Balaban J connectivity index is 1.63. The lowest BCUT2D eigenvalue weighted by Gasteiger charge is -2.28. The maximum atomic E-state index is 13.9. The second-order valence-electron chi connectivity index (χ2n) is 10.1. The van der Waals surface area contributed by atoms with Crippen molar-refractivity contribution in [2.75, 3.05) is 0 Å². The summed E-state index contributed by atoms with van der Waals surface area (Å²) in [6.07, 6.45) is 2.06. The lowest BCUT2D eigenvalue weighted by molar-refractivity contribution is -0.142. The van der Waals surface area contributed by atoms with E-state index in [1.165, 1.54) is 0 Å². The van der Waals surface area contributed by atoms with E-state index in [0.717, 1.165) is 66.5 Å². The smallest absolute Gasteiger partial charge is 0.340 e. The molecule has 2 N–H and O–H groups in total. The highest BCUT2D eigenvalue weighted by Crippen LogP contribution is 2.51. The van der Waals surface area contributed by atoms with E-state index >= 15 is 0 Å². The highest BCUT2D eigenvalue weighted by atomic mass is 16.6. The number of aryl methyl sites for hydroxylation is 3. The minimum atomic E-state index is -1.09. The second-order valence-corrected chi connectivity index (χ2v) is 10.1. The van der Waals surface area contributed by atoms with Gasteiger partial charge in [-0.2, -0.15) is 0 Å². The van der Waals surface area contributed by atoms with Crippen LogP contribution >= 0.6 is 0 Å². The Kier molecular flexibility index (Phi) is 4.41. The average molecular weight is 486 g/mol. The van der Waals surface area contributed by atoms with Gasteiger partial charge >= 0.3 is 5.97 Å². The van der Waals surface area contributed by atoms with Crippen LogP contribution in [0.2, 0.25) is 0 Å². The molecule has 0 aliphatic carbocycles. The fourth-order valence-corrected chi connectivity index (χ4v) is 6.41. The van der Waals surface area contributed by atoms with Crippen molar-refractivity contribution in [3.8, 4) is 0 Å². The van der Waals surface area contributed by atoms with Crippen molar-refractivity contribution < 1.29 is 9.53 Å². The van der Waals surface area contributed by atoms with Gasteiger partial charge in [-0.1, -0.05) is 54.6 Å². The molecule has 1 aliphatic heterocycles. The van der Waals surface area contributed by atoms with E-state index in [1.54, 1.807) is 0 Å². The number of nitrogens with zero attached hydrogens (tertiary/aromatic N) is 1. The van der Waals surface area contributed by atoms with Crippen molar-refractivity contribution in [2.45, 2.75) is 26.4 Å². The first-order valence-corrected chi connectivity index (χ1v) is 12.6. The van der Waals surface area contributed by atoms with Crippen LogP contribution in [0.1, 0.15) is 33.8 Å². The highest BCUT2D eigenvalue weighted by molar-refractivity contribution is 6.23. The summed E-state index contributed by atoms with van der Waals surface area (Å²) < 4.78 is 8.82. The van der Waals surface area contributed by atoms with Crippen LogP contribution in [-0.4, -0.2) is 20.5 Å². The quantitative estimate of drug-likeness (QED) is 0.267. The summed E-state index contributed by atoms with van der Waals surface area (Å²) >= 11 is 0. The highest BCUT2D eigenvalue weighted by Gasteiger charge is 2.49. The number of cyclic esters (lactones) is 1. The number of hydrogen-bond donors (Lipinski definition) is 2. The Bertz CT molecular complexity index is 1930. The summed E-state index contributed by atoms with van der Waals surface area (Å²) in [5.74, 6) is -0.315. The van der Waals surface area contributed by atoms with Gasteiger partial charge in [0.1, 0.15) is 0 Å². The Morgan fingerprint density at radius 2 is 1.32 bits per heavy atom. The van der Waals surface area contributed by atoms with Crippen LogP contribution in [0.3, 0.4) is 0 Å². The maximum absolute atomic E-state index is 13.9. The largest absolute Gasteiger partial charge is 0.441 e. The summed E-state index contributed by atoms with van der Waals surface area (Å²) in [6.45, 7) is 6.19. The number of ether oxygens (including phenoxy) is 1. The molecule has 0 radical (unpaired) electrons. The molecular weight excluding hydrogens is 458 g/mol. The third-order valence-corrected chi connectivity index (χ3v) is 8.02. The number of benzene rings is 3. The number of para-hydroxylation sites is 3. The zero-order chi connectivity index (χ0) is 25.5. The van der Waals surface area contributed by atoms with E-state index < -0.39 is 5.60 Å². The average Bonchev–Trinajstić information content (AvgIpc) is 3.59. The van der Waals surface area contributed by atoms with Gasteiger partial charge in [0.05, 0.1) is 5.57 Å². The monoisotopic (exact) mass is 485 g/mol. The lowest BCUT2D eigenvalue weighted by Crippen LogP contribution is -2.28. The molecule has 37 heavy (non-hydrogen) atoms. The number of aromatic nitrogens is 3. The van der Waals surface area contributed by atoms with Crippen LogP contribution in [0.4, 0.5) is 0 Å². The van der Waals surface area contributed by atoms with E-state index in [4.69, 9.17) is 4.74 Å². The van der Waals surface area contributed by atoms with Crippen LogP contribution in [0.25, 0.3) is 38.3 Å². The van der Waals surface area contributed by atoms with Gasteiger partial charge < -0.3 is 19.3 Å². The molecule has 182 valence electrons. The van der Waals surface area contributed by atoms with Crippen LogP contribution in [0.15, 0.2) is 78.9 Å². The van der Waals surface area contributed by atoms with Crippen molar-refractivity contribution >= 4 is 44.3 Å². The molecule has 0 saturated carbocycles. The third-order valence-electron chi connectivity index (χ3n) is 8.02. The zero-order valence-electron chi connectivity index (χ0n) is 21.3. The summed E-state index contributed by atoms with van der Waals surface area (Å²) in [5, 5.41) is 3.14. The number of esters is 1. The Labute approximate surface area is 214 Å². The van der Waals surface area contributed by atoms with Gasteiger partial charge in [0, 0.05) is 73.5 Å². The van der Waals surface area contributed by atoms with Crippen molar-refractivity contribution in [3.05, 3.63) is 113 Å². The predicted octanol–water partition coefficient (Wildman–Crippen LogP) is 6.95. The molecule has 1 unspecified atom stereocenters. The first-order chi connectivity index (χ1) is 17.9. The van der Waals surface area contributed by atoms with Crippen LogP contribution in [-0.2, 0) is 22.2 Å². The molecule has 7 rings (SSSR count). The number of rotatable bonds is 3. The fraction of sp³-hybridized carbons (Fsp3) is 0.156. The molecule has 1 atom stereocenters. The summed E-state index contributed by atoms with van der Waals surface area (Å²) in [6, 6.07) is 24.7. The summed E-state index contributed by atoms with van der Waals surface area (Å²) in [4.78, 5) is 20.9. The first kappa shape index (κ1) is 21.7. The summed E-state index contributed by atoms with van der Waals surface area (Å²) in [5.41, 5.74) is 8.50. The standard InChI is InChI=1S/C32H27N3O2/c1-18-28(21-11-5-8-14-25(21)33-18)24-17-32(37-31(24)36,29-19(2)34-26-15-9-6-12-22(26)29)30-20(3)35(4)27-16-10-7-13-23(27)30/h5-17,33-34H,1-4H3. The van der Waals surface area contributed by atoms with Crippen LogP contribution in [0.5, 0.6) is 0 Å². The minimum absolute atomic E-state index is 0.315. The molecule has 0 saturated heterocycles. The first-order valence-electron chi connectivity index (χ1n) is 12.6. The van der Waals surface area contributed by atoms with Crippen molar-refractivity contribution in [1.29, 1.82) is 0 Å². The number of fused-ring (bicyclic) bond motifs is 3. The molecule has 5 nitrogen and oxygen atoms in total. The van der Waals surface area contributed by atoms with E-state index in [9.17, 15) is 4.79 Å². The molecule has 0 amide bonds. The molecule has 0 fully saturated rings. The molecule has 0 spiro atoms. The fourth-order valence-electron chi connectivity index (χ4n) is 6.41. The maximum Gasteiger partial charge on any atom is 0.340 e. The Morgan fingerprint density at radius 1 is 0.730 bits per heavy atom. The van der Waals surface area contributed by atoms with Gasteiger partial charge in [-0.25, -0.2) is 4.79 Å². The van der Waals surface area contributed by atoms with Gasteiger partial charge in [-0.05, 0) is 45.0 Å². The number of carbonyl (C=O) groups excluding carboxylic acids is 1. The number of H-pyrrole nitrogens is 2. The topological polar surface area (TPSA) is 62.8 Å². The third kappa shape index (κ3) is 2.82. The predicted molar refractivity (Wildman–Crippen MR) is 149 cm³/mol. The molecule has 4 heterocycles. The lowest BCUT2D eigenvalue weighted by atomic mass is 9.82. The normalized spacial score (nSPS) is 17.7. The van der Waals surface area contributed by atoms with Crippen LogP contribution in [0, 0.1) is 20.8 Å². The number of aromatic amines is 2. The van der Waals surface area contributed by atoms with Gasteiger partial charge in [-0.15, -0.1) is 0 Å². The number of carbonyl (C=O) groups is 1. The van der Waals surface area contributed by atoms with Gasteiger partial charge in [-0.3, -0.25) is 0 Å². The molecule has 3 aromatic heterocycles. The van der Waals surface area contributed by atoms with Crippen molar-refractivity contribution in [3.63, 3.8) is 0 Å². The van der Waals surface area contributed by atoms with E-state index in [1.807, 2.05) is 49.4 Å². The number of hydrogen-bond acceptors (Lipinski definition) is 2. The molecule has 1 aliphatic rings. The Hall–Kier alpha value is -4.51. The van der Waals surface area contributed by atoms with Gasteiger partial charge in [0.25, 0.3) is 0 Å². The zero-order valence-corrected chi connectivity index (χ0v) is 21.3. The molecule has 3 aromatic carbocycles. The SMILES string of the molecule is Cc1[nH]c2ccccc2c1C1=CC(c2c(C)[nH]c3ccccc23)(c2c(C)n(C)c3ccccc23)OC1=O. The molecule has 6 aromatic rings. The molecular formula is C32H27N3O2. The van der Waals surface area contributed by atoms with Gasteiger partial charge in [0.2, 0.25) is 0 Å². The Morgan fingerprint density at radius 3 is 2.08 bits per heavy atom. The van der Waals surface area contributed by atoms with Crippen LogP contribution < -0.4 is 0 Å². The van der Waals surface area contributed by atoms with Crippen molar-refractivity contribution in [2.24, 2.45) is 7.05 Å². The van der Waals surface area contributed by atoms with E-state index in [-0.39, 0.29) is 5.97 Å².